The number of amides is 1. The third kappa shape index (κ3) is 3.93. The number of aryl methyl sites for hydroxylation is 1. The summed E-state index contributed by atoms with van der Waals surface area (Å²) in [7, 11) is 0. The molecule has 3 aromatic rings. The number of hydrogen-bond acceptors (Lipinski definition) is 5. The molecule has 2 N–H and O–H groups in total. The molecule has 1 aromatic heterocycles. The highest BCUT2D eigenvalue weighted by molar-refractivity contribution is 5.95. The Balaban J connectivity index is 1.53. The summed E-state index contributed by atoms with van der Waals surface area (Å²) in [4.78, 5) is 30.3. The van der Waals surface area contributed by atoms with Crippen molar-refractivity contribution in [3.05, 3.63) is 64.2 Å². The third-order valence-corrected chi connectivity index (χ3v) is 6.07. The fraction of sp³-hybridized carbons (Fsp3) is 0.375. The van der Waals surface area contributed by atoms with E-state index in [-0.39, 0.29) is 23.1 Å². The average molecular weight is 418 g/mol. The third-order valence-electron chi connectivity index (χ3n) is 6.07. The Kier molecular flexibility index (Phi) is 4.78. The molecule has 7 nitrogen and oxygen atoms in total. The van der Waals surface area contributed by atoms with Crippen LogP contribution in [-0.2, 0) is 0 Å². The van der Waals surface area contributed by atoms with Crippen molar-refractivity contribution in [2.75, 3.05) is 13.1 Å². The number of carbonyl (C=O) groups is 1. The number of benzene rings is 2. The van der Waals surface area contributed by atoms with Crippen LogP contribution in [0.4, 0.5) is 0 Å². The number of ether oxygens (including phenoxy) is 1. The van der Waals surface area contributed by atoms with Gasteiger partial charge in [0.1, 0.15) is 17.7 Å². The van der Waals surface area contributed by atoms with Crippen LogP contribution >= 0.6 is 0 Å². The molecule has 2 heterocycles. The van der Waals surface area contributed by atoms with Crippen molar-refractivity contribution < 1.29 is 9.53 Å². The van der Waals surface area contributed by atoms with Gasteiger partial charge in [0.15, 0.2) is 0 Å². The zero-order chi connectivity index (χ0) is 21.6. The van der Waals surface area contributed by atoms with Crippen LogP contribution in [0.1, 0.15) is 42.1 Å². The molecule has 0 radical (unpaired) electrons. The Hall–Kier alpha value is -3.19. The lowest BCUT2D eigenvalue weighted by atomic mass is 10.1. The summed E-state index contributed by atoms with van der Waals surface area (Å²) < 4.78 is 7.71. The Morgan fingerprint density at radius 2 is 2.10 bits per heavy atom. The van der Waals surface area contributed by atoms with Crippen LogP contribution in [0.5, 0.6) is 5.75 Å². The van der Waals surface area contributed by atoms with Gasteiger partial charge in [-0.05, 0) is 69.1 Å². The van der Waals surface area contributed by atoms with Crippen molar-refractivity contribution in [1.82, 2.24) is 20.2 Å². The van der Waals surface area contributed by atoms with Crippen molar-refractivity contribution in [2.24, 2.45) is 0 Å². The molecule has 1 aliphatic heterocycles. The highest BCUT2D eigenvalue weighted by atomic mass is 16.5. The molecule has 5 rings (SSSR count). The van der Waals surface area contributed by atoms with Gasteiger partial charge in [-0.3, -0.25) is 14.2 Å². The molecular weight excluding hydrogens is 392 g/mol. The molecule has 31 heavy (non-hydrogen) atoms. The minimum Gasteiger partial charge on any atom is -0.486 e. The van der Waals surface area contributed by atoms with Crippen molar-refractivity contribution in [2.45, 2.75) is 44.8 Å². The van der Waals surface area contributed by atoms with Crippen LogP contribution in [0, 0.1) is 6.92 Å². The minimum atomic E-state index is -0.283. The molecule has 1 saturated carbocycles. The quantitative estimate of drug-likeness (QED) is 0.666. The predicted octanol–water partition coefficient (Wildman–Crippen LogP) is 2.72. The Labute approximate surface area is 180 Å². The first-order valence-electron chi connectivity index (χ1n) is 10.7. The molecule has 1 aliphatic carbocycles. The van der Waals surface area contributed by atoms with Gasteiger partial charge in [-0.15, -0.1) is 0 Å². The molecule has 1 saturated heterocycles. The minimum absolute atomic E-state index is 0.111. The van der Waals surface area contributed by atoms with Gasteiger partial charge >= 0.3 is 0 Å². The molecule has 160 valence electrons. The number of nitrogens with one attached hydrogen (secondary N) is 2. The number of aromatic nitrogens is 2. The monoisotopic (exact) mass is 418 g/mol. The Bertz CT molecular complexity index is 1220. The van der Waals surface area contributed by atoms with Crippen LogP contribution in [0.15, 0.2) is 47.5 Å². The summed E-state index contributed by atoms with van der Waals surface area (Å²) >= 11 is 0. The highest BCUT2D eigenvalue weighted by Crippen LogP contribution is 2.26. The molecule has 1 atom stereocenters. The van der Waals surface area contributed by atoms with E-state index in [1.807, 2.05) is 25.1 Å². The van der Waals surface area contributed by atoms with Gasteiger partial charge in [0.05, 0.1) is 16.6 Å². The number of hydrogen-bond donors (Lipinski definition) is 2. The van der Waals surface area contributed by atoms with Crippen LogP contribution in [0.2, 0.25) is 0 Å². The van der Waals surface area contributed by atoms with Crippen molar-refractivity contribution in [3.63, 3.8) is 0 Å². The van der Waals surface area contributed by atoms with Crippen LogP contribution in [0.25, 0.3) is 16.6 Å². The van der Waals surface area contributed by atoms with E-state index in [1.54, 1.807) is 18.2 Å². The lowest BCUT2D eigenvalue weighted by Crippen LogP contribution is -2.34. The maximum Gasteiger partial charge on any atom is 0.265 e. The molecule has 0 unspecified atom stereocenters. The molecule has 1 amide bonds. The first kappa shape index (κ1) is 19.8. The second-order valence-electron chi connectivity index (χ2n) is 8.83. The summed E-state index contributed by atoms with van der Waals surface area (Å²) in [6, 6.07) is 11.1. The van der Waals surface area contributed by atoms with E-state index in [0.717, 1.165) is 37.9 Å². The number of fused-ring (bicyclic) bond motifs is 1. The average Bonchev–Trinajstić information content (AvgIpc) is 3.47. The van der Waals surface area contributed by atoms with Gasteiger partial charge in [-0.25, -0.2) is 4.98 Å². The molecule has 2 aliphatic rings. The SMILES string of the molecule is Cc1ccc(C(=O)NC2CC2)cc1-n1cnc2ccc(O[C@@]3(C)CCNC3)cc2c1=O. The van der Waals surface area contributed by atoms with Gasteiger partial charge in [-0.1, -0.05) is 6.07 Å². The summed E-state index contributed by atoms with van der Waals surface area (Å²) in [5.41, 5.74) is 2.23. The largest absolute Gasteiger partial charge is 0.486 e. The van der Waals surface area contributed by atoms with E-state index in [9.17, 15) is 9.59 Å². The van der Waals surface area contributed by atoms with Gasteiger partial charge in [0.2, 0.25) is 0 Å². The van der Waals surface area contributed by atoms with Gasteiger partial charge in [0.25, 0.3) is 11.5 Å². The molecular formula is C24H26N4O3. The van der Waals surface area contributed by atoms with E-state index in [1.165, 1.54) is 10.9 Å². The first-order chi connectivity index (χ1) is 14.9. The topological polar surface area (TPSA) is 85.2 Å². The molecule has 0 spiro atoms. The second-order valence-corrected chi connectivity index (χ2v) is 8.83. The molecule has 0 bridgehead atoms. The predicted molar refractivity (Wildman–Crippen MR) is 119 cm³/mol. The lowest BCUT2D eigenvalue weighted by Gasteiger charge is -2.25. The van der Waals surface area contributed by atoms with E-state index in [4.69, 9.17) is 4.74 Å². The molecule has 2 aromatic carbocycles. The van der Waals surface area contributed by atoms with Gasteiger partial charge < -0.3 is 15.4 Å². The van der Waals surface area contributed by atoms with Crippen molar-refractivity contribution >= 4 is 16.8 Å². The molecule has 2 fully saturated rings. The maximum atomic E-state index is 13.4. The van der Waals surface area contributed by atoms with E-state index in [2.05, 4.69) is 22.5 Å². The molecule has 7 heteroatoms. The Morgan fingerprint density at radius 3 is 2.84 bits per heavy atom. The Morgan fingerprint density at radius 1 is 1.26 bits per heavy atom. The number of carbonyl (C=O) groups excluding carboxylic acids is 1. The van der Waals surface area contributed by atoms with E-state index in [0.29, 0.717) is 27.9 Å². The summed E-state index contributed by atoms with van der Waals surface area (Å²) in [6.07, 6.45) is 4.49. The lowest BCUT2D eigenvalue weighted by molar-refractivity contribution is 0.0951. The van der Waals surface area contributed by atoms with Gasteiger partial charge in [-0.2, -0.15) is 0 Å². The van der Waals surface area contributed by atoms with Gasteiger partial charge in [0, 0.05) is 24.6 Å². The van der Waals surface area contributed by atoms with E-state index >= 15 is 0 Å². The maximum absolute atomic E-state index is 13.4. The number of rotatable bonds is 5. The van der Waals surface area contributed by atoms with Crippen LogP contribution < -0.4 is 20.9 Å². The van der Waals surface area contributed by atoms with Crippen LogP contribution in [0.3, 0.4) is 0 Å². The standard InChI is InChI=1S/C24H26N4O3/c1-15-3-4-16(22(29)27-17-5-6-17)11-21(15)28-14-26-20-8-7-18(12-19(20)23(28)30)31-24(2)9-10-25-13-24/h3-4,7-8,11-12,14,17,25H,5-6,9-10,13H2,1-2H3,(H,27,29)/t24-/m0/s1. The zero-order valence-corrected chi connectivity index (χ0v) is 17.8. The zero-order valence-electron chi connectivity index (χ0n) is 17.8. The smallest absolute Gasteiger partial charge is 0.265 e. The highest BCUT2D eigenvalue weighted by Gasteiger charge is 2.30. The van der Waals surface area contributed by atoms with E-state index < -0.39 is 0 Å². The van der Waals surface area contributed by atoms with Crippen molar-refractivity contribution in [3.8, 4) is 11.4 Å². The fourth-order valence-electron chi connectivity index (χ4n) is 4.01. The fourth-order valence-corrected chi connectivity index (χ4v) is 4.01. The number of nitrogens with zero attached hydrogens (tertiary/aromatic N) is 2. The van der Waals surface area contributed by atoms with Crippen molar-refractivity contribution in [1.29, 1.82) is 0 Å². The second kappa shape index (κ2) is 7.50. The van der Waals surface area contributed by atoms with Crippen LogP contribution in [-0.4, -0.2) is 40.2 Å². The normalized spacial score (nSPS) is 20.7. The summed E-state index contributed by atoms with van der Waals surface area (Å²) in [6.45, 7) is 5.68. The first-order valence-corrected chi connectivity index (χ1v) is 10.7. The summed E-state index contributed by atoms with van der Waals surface area (Å²) in [5, 5.41) is 6.79. The summed E-state index contributed by atoms with van der Waals surface area (Å²) in [5.74, 6) is 0.546.